The van der Waals surface area contributed by atoms with Crippen molar-refractivity contribution < 1.29 is 19.7 Å². The summed E-state index contributed by atoms with van der Waals surface area (Å²) < 4.78 is 12.7. The molecule has 220 valence electrons. The summed E-state index contributed by atoms with van der Waals surface area (Å²) in [4.78, 5) is 0. The normalized spacial score (nSPS) is 13.9. The Hall–Kier alpha value is -3.08. The fourth-order valence-corrected chi connectivity index (χ4v) is 5.50. The number of ether oxygens (including phenoxy) is 2. The van der Waals surface area contributed by atoms with E-state index in [4.69, 9.17) is 9.47 Å². The van der Waals surface area contributed by atoms with Crippen molar-refractivity contribution in [3.63, 3.8) is 0 Å². The third-order valence-corrected chi connectivity index (χ3v) is 8.70. The molecule has 2 unspecified atom stereocenters. The van der Waals surface area contributed by atoms with Crippen molar-refractivity contribution in [2.24, 2.45) is 10.8 Å². The standard InChI is InChI=1S/C37H48O4/c1-7-36(3,4)22-28(38)24-40-34-19-17-26-13-9-11-15-30(26)32(34)21-33-31-16-12-10-14-27(31)18-20-35(33)41-25-29(39)23-37(5,6)8-2/h9-20,28-29,38-39H,7-8,21-25H2,1-6H3. The van der Waals surface area contributed by atoms with Crippen LogP contribution in [0.2, 0.25) is 0 Å². The zero-order chi connectivity index (χ0) is 29.6. The van der Waals surface area contributed by atoms with Gasteiger partial charge in [0.1, 0.15) is 24.7 Å². The van der Waals surface area contributed by atoms with Crippen molar-refractivity contribution >= 4 is 21.5 Å². The molecule has 41 heavy (non-hydrogen) atoms. The Bertz CT molecular complexity index is 1330. The minimum atomic E-state index is -0.547. The van der Waals surface area contributed by atoms with Gasteiger partial charge in [-0.2, -0.15) is 0 Å². The maximum atomic E-state index is 10.8. The van der Waals surface area contributed by atoms with Crippen LogP contribution in [-0.4, -0.2) is 35.6 Å². The molecule has 0 aliphatic carbocycles. The van der Waals surface area contributed by atoms with Crippen LogP contribution in [0.1, 0.15) is 78.4 Å². The van der Waals surface area contributed by atoms with E-state index in [1.165, 1.54) is 0 Å². The van der Waals surface area contributed by atoms with E-state index in [-0.39, 0.29) is 24.0 Å². The first-order valence-electron chi connectivity index (χ1n) is 15.1. The van der Waals surface area contributed by atoms with Crippen molar-refractivity contribution in [3.05, 3.63) is 83.9 Å². The molecular weight excluding hydrogens is 508 g/mol. The summed E-state index contributed by atoms with van der Waals surface area (Å²) in [5.41, 5.74) is 2.25. The lowest BCUT2D eigenvalue weighted by Crippen LogP contribution is -2.25. The Morgan fingerprint density at radius 1 is 0.585 bits per heavy atom. The second-order valence-electron chi connectivity index (χ2n) is 13.1. The lowest BCUT2D eigenvalue weighted by Gasteiger charge is -2.26. The van der Waals surface area contributed by atoms with E-state index in [1.807, 2.05) is 12.1 Å². The fourth-order valence-electron chi connectivity index (χ4n) is 5.50. The quantitative estimate of drug-likeness (QED) is 0.163. The Kier molecular flexibility index (Phi) is 9.99. The highest BCUT2D eigenvalue weighted by Gasteiger charge is 2.23. The number of aliphatic hydroxyl groups is 2. The molecule has 0 amide bonds. The SMILES string of the molecule is CCC(C)(C)CC(O)COc1ccc2ccccc2c1Cc1c(OCC(O)CC(C)(C)CC)ccc2ccccc12. The van der Waals surface area contributed by atoms with Crippen LogP contribution in [0.15, 0.2) is 72.8 Å². The lowest BCUT2D eigenvalue weighted by atomic mass is 9.84. The molecule has 0 saturated carbocycles. The third-order valence-electron chi connectivity index (χ3n) is 8.70. The van der Waals surface area contributed by atoms with Crippen molar-refractivity contribution in [2.45, 2.75) is 85.9 Å². The monoisotopic (exact) mass is 556 g/mol. The van der Waals surface area contributed by atoms with Crippen LogP contribution in [-0.2, 0) is 6.42 Å². The fraction of sp³-hybridized carbons (Fsp3) is 0.459. The molecule has 0 aliphatic rings. The molecule has 4 aromatic rings. The van der Waals surface area contributed by atoms with Crippen molar-refractivity contribution in [2.75, 3.05) is 13.2 Å². The zero-order valence-corrected chi connectivity index (χ0v) is 25.7. The first-order valence-corrected chi connectivity index (χ1v) is 15.1. The number of aliphatic hydroxyl groups excluding tert-OH is 2. The van der Waals surface area contributed by atoms with Crippen molar-refractivity contribution in [1.29, 1.82) is 0 Å². The molecule has 4 nitrogen and oxygen atoms in total. The van der Waals surface area contributed by atoms with Crippen molar-refractivity contribution in [1.82, 2.24) is 0 Å². The summed E-state index contributed by atoms with van der Waals surface area (Å²) in [6.07, 6.45) is 2.87. The summed E-state index contributed by atoms with van der Waals surface area (Å²) >= 11 is 0. The van der Waals surface area contributed by atoms with Gasteiger partial charge in [-0.15, -0.1) is 0 Å². The number of hydrogen-bond donors (Lipinski definition) is 2. The average Bonchev–Trinajstić information content (AvgIpc) is 2.95. The smallest absolute Gasteiger partial charge is 0.123 e. The Balaban J connectivity index is 1.69. The maximum absolute atomic E-state index is 10.8. The lowest BCUT2D eigenvalue weighted by molar-refractivity contribution is 0.0645. The second-order valence-corrected chi connectivity index (χ2v) is 13.1. The van der Waals surface area contributed by atoms with Crippen LogP contribution in [0.4, 0.5) is 0 Å². The van der Waals surface area contributed by atoms with E-state index < -0.39 is 12.2 Å². The van der Waals surface area contributed by atoms with E-state index >= 15 is 0 Å². The topological polar surface area (TPSA) is 58.9 Å². The van der Waals surface area contributed by atoms with Gasteiger partial charge >= 0.3 is 0 Å². The van der Waals surface area contributed by atoms with E-state index in [2.05, 4.69) is 102 Å². The Morgan fingerprint density at radius 3 is 1.37 bits per heavy atom. The molecular formula is C37H48O4. The molecule has 0 radical (unpaired) electrons. The molecule has 0 bridgehead atoms. The van der Waals surface area contributed by atoms with Gasteiger partial charge in [-0.1, -0.05) is 115 Å². The molecule has 4 aromatic carbocycles. The van der Waals surface area contributed by atoms with Gasteiger partial charge in [0.2, 0.25) is 0 Å². The predicted octanol–water partition coefficient (Wildman–Crippen LogP) is 8.72. The number of rotatable bonds is 14. The molecule has 0 saturated heterocycles. The first-order chi connectivity index (χ1) is 19.5. The van der Waals surface area contributed by atoms with E-state index in [9.17, 15) is 10.2 Å². The van der Waals surface area contributed by atoms with Gasteiger partial charge in [-0.3, -0.25) is 0 Å². The van der Waals surface area contributed by atoms with Crippen molar-refractivity contribution in [3.8, 4) is 11.5 Å². The van der Waals surface area contributed by atoms with E-state index in [0.717, 1.165) is 57.0 Å². The van der Waals surface area contributed by atoms with Gasteiger partial charge < -0.3 is 19.7 Å². The van der Waals surface area contributed by atoms with Gasteiger partial charge in [0.15, 0.2) is 0 Å². The summed E-state index contributed by atoms with van der Waals surface area (Å²) in [7, 11) is 0. The van der Waals surface area contributed by atoms with Gasteiger partial charge in [0.05, 0.1) is 12.2 Å². The summed E-state index contributed by atoms with van der Waals surface area (Å²) in [6, 6.07) is 24.9. The molecule has 2 atom stereocenters. The average molecular weight is 557 g/mol. The Labute approximate surface area is 246 Å². The van der Waals surface area contributed by atoms with Crippen LogP contribution in [0.25, 0.3) is 21.5 Å². The van der Waals surface area contributed by atoms with Gasteiger partial charge in [-0.25, -0.2) is 0 Å². The molecule has 4 heteroatoms. The summed E-state index contributed by atoms with van der Waals surface area (Å²) in [6.45, 7) is 13.5. The highest BCUT2D eigenvalue weighted by molar-refractivity contribution is 5.91. The molecule has 2 N–H and O–H groups in total. The largest absolute Gasteiger partial charge is 0.491 e. The first kappa shape index (κ1) is 30.9. The Morgan fingerprint density at radius 2 is 0.976 bits per heavy atom. The molecule has 0 aromatic heterocycles. The highest BCUT2D eigenvalue weighted by Crippen LogP contribution is 2.37. The minimum Gasteiger partial charge on any atom is -0.491 e. The molecule has 0 spiro atoms. The number of hydrogen-bond acceptors (Lipinski definition) is 4. The third kappa shape index (κ3) is 8.02. The van der Waals surface area contributed by atoms with Gasteiger partial charge in [0.25, 0.3) is 0 Å². The van der Waals surface area contributed by atoms with E-state index in [0.29, 0.717) is 19.3 Å². The molecule has 0 fully saturated rings. The van der Waals surface area contributed by atoms with Crippen LogP contribution in [0.5, 0.6) is 11.5 Å². The molecule has 0 aliphatic heterocycles. The van der Waals surface area contributed by atoms with Crippen LogP contribution < -0.4 is 9.47 Å². The zero-order valence-electron chi connectivity index (χ0n) is 25.7. The maximum Gasteiger partial charge on any atom is 0.123 e. The van der Waals surface area contributed by atoms with Crippen LogP contribution in [0, 0.1) is 10.8 Å². The number of fused-ring (bicyclic) bond motifs is 2. The van der Waals surface area contributed by atoms with Gasteiger partial charge in [0, 0.05) is 17.5 Å². The van der Waals surface area contributed by atoms with Crippen LogP contribution >= 0.6 is 0 Å². The van der Waals surface area contributed by atoms with Crippen LogP contribution in [0.3, 0.4) is 0 Å². The predicted molar refractivity (Wildman–Crippen MR) is 171 cm³/mol. The van der Waals surface area contributed by atoms with Gasteiger partial charge in [-0.05, 0) is 57.3 Å². The summed E-state index contributed by atoms with van der Waals surface area (Å²) in [5.74, 6) is 1.56. The molecule has 4 rings (SSSR count). The summed E-state index contributed by atoms with van der Waals surface area (Å²) in [5, 5.41) is 26.1. The van der Waals surface area contributed by atoms with E-state index in [1.54, 1.807) is 0 Å². The number of benzene rings is 4. The second kappa shape index (κ2) is 13.3. The molecule has 0 heterocycles. The highest BCUT2D eigenvalue weighted by atomic mass is 16.5. The minimum absolute atomic E-state index is 0.0566.